The van der Waals surface area contributed by atoms with Gasteiger partial charge in [0.05, 0.1) is 18.4 Å². The van der Waals surface area contributed by atoms with Gasteiger partial charge in [0.1, 0.15) is 11.4 Å². The van der Waals surface area contributed by atoms with Gasteiger partial charge in [0, 0.05) is 5.69 Å². The topological polar surface area (TPSA) is 58.6 Å². The van der Waals surface area contributed by atoms with Gasteiger partial charge < -0.3 is 10.1 Å². The van der Waals surface area contributed by atoms with E-state index in [1.165, 1.54) is 4.90 Å². The van der Waals surface area contributed by atoms with Crippen LogP contribution in [-0.2, 0) is 16.0 Å². The van der Waals surface area contributed by atoms with Crippen LogP contribution in [0, 0.1) is 13.8 Å². The number of nitrogens with zero attached hydrogens (tertiary/aromatic N) is 1. The Morgan fingerprint density at radius 3 is 2.12 bits per heavy atom. The quantitative estimate of drug-likeness (QED) is 0.546. The number of benzene rings is 3. The largest absolute Gasteiger partial charge is 0.497 e. The highest BCUT2D eigenvalue weighted by molar-refractivity contribution is 6.46. The van der Waals surface area contributed by atoms with Gasteiger partial charge >= 0.3 is 0 Å². The van der Waals surface area contributed by atoms with Crippen LogP contribution in [0.5, 0.6) is 5.75 Å². The summed E-state index contributed by atoms with van der Waals surface area (Å²) in [6.45, 7) is 6.09. The summed E-state index contributed by atoms with van der Waals surface area (Å²) >= 11 is 0. The number of aryl methyl sites for hydroxylation is 3. The highest BCUT2D eigenvalue weighted by atomic mass is 16.5. The molecule has 0 fully saturated rings. The summed E-state index contributed by atoms with van der Waals surface area (Å²) in [6.07, 6.45) is 0.887. The van der Waals surface area contributed by atoms with Gasteiger partial charge in [0.15, 0.2) is 0 Å². The van der Waals surface area contributed by atoms with Gasteiger partial charge in [-0.2, -0.15) is 0 Å². The van der Waals surface area contributed by atoms with E-state index < -0.39 is 0 Å². The first-order chi connectivity index (χ1) is 15.4. The Balaban J connectivity index is 1.79. The van der Waals surface area contributed by atoms with E-state index in [2.05, 4.69) is 12.2 Å². The lowest BCUT2D eigenvalue weighted by molar-refractivity contribution is -0.120. The lowest BCUT2D eigenvalue weighted by Gasteiger charge is -2.16. The van der Waals surface area contributed by atoms with Gasteiger partial charge in [0.2, 0.25) is 0 Å². The summed E-state index contributed by atoms with van der Waals surface area (Å²) in [5.74, 6) is 0.00665. The standard InChI is InChI=1S/C27H26N2O3/c1-5-19-7-12-22(13-8-19)29-26(30)24(20-9-6-17(2)18(3)16-20)25(27(29)31)28-21-10-14-23(32-4)15-11-21/h6-16,28H,5H2,1-4H3. The van der Waals surface area contributed by atoms with E-state index in [4.69, 9.17) is 4.74 Å². The number of carbonyl (C=O) groups excluding carboxylic acids is 2. The molecule has 0 saturated heterocycles. The molecule has 1 heterocycles. The number of hydrogen-bond donors (Lipinski definition) is 1. The molecule has 0 atom stereocenters. The van der Waals surface area contributed by atoms with Gasteiger partial charge in [-0.05, 0) is 78.9 Å². The number of imide groups is 1. The molecule has 2 amide bonds. The molecule has 0 unspecified atom stereocenters. The highest BCUT2D eigenvalue weighted by Gasteiger charge is 2.40. The minimum absolute atomic E-state index is 0.267. The van der Waals surface area contributed by atoms with E-state index in [-0.39, 0.29) is 17.5 Å². The minimum Gasteiger partial charge on any atom is -0.497 e. The normalized spacial score (nSPS) is 13.7. The van der Waals surface area contributed by atoms with Crippen LogP contribution in [0.4, 0.5) is 11.4 Å². The molecular formula is C27H26N2O3. The molecule has 0 spiro atoms. The van der Waals surface area contributed by atoms with Crippen LogP contribution in [0.25, 0.3) is 5.57 Å². The van der Waals surface area contributed by atoms with Gasteiger partial charge in [-0.1, -0.05) is 37.3 Å². The molecule has 0 bridgehead atoms. The maximum Gasteiger partial charge on any atom is 0.282 e. The Morgan fingerprint density at radius 1 is 0.844 bits per heavy atom. The molecule has 3 aromatic carbocycles. The predicted molar refractivity (Wildman–Crippen MR) is 128 cm³/mol. The Bertz CT molecular complexity index is 1210. The second kappa shape index (κ2) is 8.71. The lowest BCUT2D eigenvalue weighted by Crippen LogP contribution is -2.32. The minimum atomic E-state index is -0.372. The Morgan fingerprint density at radius 2 is 1.53 bits per heavy atom. The molecule has 0 radical (unpaired) electrons. The average Bonchev–Trinajstić information content (AvgIpc) is 3.05. The zero-order chi connectivity index (χ0) is 22.8. The second-order valence-corrected chi connectivity index (χ2v) is 7.87. The number of rotatable bonds is 6. The van der Waals surface area contributed by atoms with E-state index >= 15 is 0 Å². The first kappa shape index (κ1) is 21.4. The maximum absolute atomic E-state index is 13.6. The smallest absolute Gasteiger partial charge is 0.282 e. The molecule has 3 aromatic rings. The van der Waals surface area contributed by atoms with Crippen molar-refractivity contribution in [2.24, 2.45) is 0 Å². The maximum atomic E-state index is 13.6. The van der Waals surface area contributed by atoms with Crippen molar-refractivity contribution in [1.82, 2.24) is 0 Å². The average molecular weight is 427 g/mol. The van der Waals surface area contributed by atoms with Gasteiger partial charge in [-0.3, -0.25) is 9.59 Å². The van der Waals surface area contributed by atoms with Crippen molar-refractivity contribution in [2.75, 3.05) is 17.3 Å². The third kappa shape index (κ3) is 3.89. The summed E-state index contributed by atoms with van der Waals surface area (Å²) < 4.78 is 5.22. The Labute approximate surface area is 188 Å². The van der Waals surface area contributed by atoms with E-state index in [0.29, 0.717) is 22.7 Å². The summed E-state index contributed by atoms with van der Waals surface area (Å²) in [6, 6.07) is 20.6. The van der Waals surface area contributed by atoms with Gasteiger partial charge in [-0.15, -0.1) is 0 Å². The van der Waals surface area contributed by atoms with Crippen LogP contribution in [0.2, 0.25) is 0 Å². The van der Waals surface area contributed by atoms with E-state index in [9.17, 15) is 9.59 Å². The van der Waals surface area contributed by atoms with E-state index in [0.717, 1.165) is 28.7 Å². The number of hydrogen-bond acceptors (Lipinski definition) is 4. The molecule has 1 aliphatic rings. The Kier molecular flexibility index (Phi) is 5.82. The molecule has 5 nitrogen and oxygen atoms in total. The van der Waals surface area contributed by atoms with Crippen LogP contribution < -0.4 is 15.0 Å². The molecule has 0 aliphatic carbocycles. The highest BCUT2D eigenvalue weighted by Crippen LogP contribution is 2.34. The molecule has 1 aliphatic heterocycles. The van der Waals surface area contributed by atoms with Crippen molar-refractivity contribution in [2.45, 2.75) is 27.2 Å². The number of methoxy groups -OCH3 is 1. The molecular weight excluding hydrogens is 400 g/mol. The van der Waals surface area contributed by atoms with Crippen molar-refractivity contribution in [3.63, 3.8) is 0 Å². The monoisotopic (exact) mass is 426 g/mol. The van der Waals surface area contributed by atoms with E-state index in [1.807, 2.05) is 68.4 Å². The van der Waals surface area contributed by atoms with Crippen LogP contribution in [0.1, 0.15) is 29.2 Å². The Hall–Kier alpha value is -3.86. The molecule has 0 aromatic heterocycles. The fourth-order valence-electron chi connectivity index (χ4n) is 3.74. The number of carbonyl (C=O) groups is 2. The fourth-order valence-corrected chi connectivity index (χ4v) is 3.74. The third-order valence-corrected chi connectivity index (χ3v) is 5.84. The number of amides is 2. The zero-order valence-electron chi connectivity index (χ0n) is 18.7. The summed E-state index contributed by atoms with van der Waals surface area (Å²) in [4.78, 5) is 28.3. The van der Waals surface area contributed by atoms with E-state index in [1.54, 1.807) is 19.2 Å². The summed E-state index contributed by atoms with van der Waals surface area (Å²) in [7, 11) is 1.60. The summed E-state index contributed by atoms with van der Waals surface area (Å²) in [5, 5.41) is 3.19. The number of ether oxygens (including phenoxy) is 1. The SMILES string of the molecule is CCc1ccc(N2C(=O)C(Nc3ccc(OC)cc3)=C(c3ccc(C)c(C)c3)C2=O)cc1. The molecule has 162 valence electrons. The molecule has 1 N–H and O–H groups in total. The summed E-state index contributed by atoms with van der Waals surface area (Å²) in [5.41, 5.74) is 5.95. The predicted octanol–water partition coefficient (Wildman–Crippen LogP) is 5.27. The van der Waals surface area contributed by atoms with Crippen molar-refractivity contribution in [3.05, 3.63) is 94.7 Å². The molecule has 32 heavy (non-hydrogen) atoms. The van der Waals surface area contributed by atoms with Crippen molar-refractivity contribution < 1.29 is 14.3 Å². The fraction of sp³-hybridized carbons (Fsp3) is 0.185. The second-order valence-electron chi connectivity index (χ2n) is 7.87. The molecule has 5 heteroatoms. The zero-order valence-corrected chi connectivity index (χ0v) is 18.7. The van der Waals surface area contributed by atoms with Crippen LogP contribution in [-0.4, -0.2) is 18.9 Å². The first-order valence-corrected chi connectivity index (χ1v) is 10.6. The van der Waals surface area contributed by atoms with Crippen LogP contribution in [0.3, 0.4) is 0 Å². The van der Waals surface area contributed by atoms with Gasteiger partial charge in [-0.25, -0.2) is 4.90 Å². The lowest BCUT2D eigenvalue weighted by atomic mass is 9.99. The third-order valence-electron chi connectivity index (χ3n) is 5.84. The first-order valence-electron chi connectivity index (χ1n) is 10.6. The number of nitrogens with one attached hydrogen (secondary N) is 1. The van der Waals surface area contributed by atoms with Crippen molar-refractivity contribution >= 4 is 28.8 Å². The molecule has 4 rings (SSSR count). The van der Waals surface area contributed by atoms with Crippen LogP contribution >= 0.6 is 0 Å². The van der Waals surface area contributed by atoms with Crippen molar-refractivity contribution in [3.8, 4) is 5.75 Å². The molecule has 0 saturated carbocycles. The number of anilines is 2. The van der Waals surface area contributed by atoms with Crippen LogP contribution in [0.15, 0.2) is 72.4 Å². The van der Waals surface area contributed by atoms with Gasteiger partial charge in [0.25, 0.3) is 11.8 Å². The van der Waals surface area contributed by atoms with Crippen molar-refractivity contribution in [1.29, 1.82) is 0 Å².